The van der Waals surface area contributed by atoms with Crippen molar-refractivity contribution in [2.24, 2.45) is 0 Å². The molecule has 0 aliphatic heterocycles. The number of aliphatic carboxylic acids is 1. The predicted molar refractivity (Wildman–Crippen MR) is 89.3 cm³/mol. The lowest BCUT2D eigenvalue weighted by atomic mass is 10.1. The minimum absolute atomic E-state index is 0.00217. The molecule has 2 aromatic heterocycles. The van der Waals surface area contributed by atoms with Gasteiger partial charge >= 0.3 is 5.97 Å². The SMILES string of the molecule is C=C(Cc1nc(-c2ccc(Oc3ccccn3)c(C)c2)no1)C(=O)O. The number of hydrogen-bond acceptors (Lipinski definition) is 6. The van der Waals surface area contributed by atoms with Crippen LogP contribution >= 0.6 is 0 Å². The minimum Gasteiger partial charge on any atom is -0.478 e. The number of rotatable bonds is 6. The fourth-order valence-corrected chi connectivity index (χ4v) is 2.13. The maximum absolute atomic E-state index is 10.8. The lowest BCUT2D eigenvalue weighted by Crippen LogP contribution is -2.02. The van der Waals surface area contributed by atoms with Gasteiger partial charge in [-0.1, -0.05) is 17.8 Å². The number of hydrogen-bond donors (Lipinski definition) is 1. The Balaban J connectivity index is 1.78. The van der Waals surface area contributed by atoms with E-state index >= 15 is 0 Å². The number of benzene rings is 1. The van der Waals surface area contributed by atoms with Crippen molar-refractivity contribution in [1.29, 1.82) is 0 Å². The third-order valence-electron chi connectivity index (χ3n) is 3.42. The third-order valence-corrected chi connectivity index (χ3v) is 3.42. The Morgan fingerprint density at radius 2 is 2.16 bits per heavy atom. The van der Waals surface area contributed by atoms with E-state index in [2.05, 4.69) is 21.7 Å². The maximum Gasteiger partial charge on any atom is 0.331 e. The first kappa shape index (κ1) is 16.4. The molecular formula is C18H15N3O4. The molecule has 0 radical (unpaired) electrons. The number of pyridine rings is 1. The quantitative estimate of drug-likeness (QED) is 0.688. The van der Waals surface area contributed by atoms with E-state index < -0.39 is 5.97 Å². The van der Waals surface area contributed by atoms with E-state index in [4.69, 9.17) is 14.4 Å². The molecule has 0 aliphatic carbocycles. The number of ether oxygens (including phenoxy) is 1. The van der Waals surface area contributed by atoms with E-state index in [0.29, 0.717) is 17.5 Å². The molecule has 1 aromatic carbocycles. The Bertz CT molecular complexity index is 919. The molecule has 0 spiro atoms. The van der Waals surface area contributed by atoms with E-state index in [-0.39, 0.29) is 17.9 Å². The Hall–Kier alpha value is -3.48. The Labute approximate surface area is 143 Å². The lowest BCUT2D eigenvalue weighted by molar-refractivity contribution is -0.132. The molecule has 0 amide bonds. The second-order valence-electron chi connectivity index (χ2n) is 5.35. The van der Waals surface area contributed by atoms with Crippen molar-refractivity contribution in [3.8, 4) is 23.0 Å². The highest BCUT2D eigenvalue weighted by Gasteiger charge is 2.14. The molecule has 3 aromatic rings. The van der Waals surface area contributed by atoms with Crippen molar-refractivity contribution in [3.63, 3.8) is 0 Å². The fraction of sp³-hybridized carbons (Fsp3) is 0.111. The minimum atomic E-state index is -1.09. The molecule has 3 rings (SSSR count). The first-order valence-electron chi connectivity index (χ1n) is 7.46. The van der Waals surface area contributed by atoms with Crippen molar-refractivity contribution in [2.75, 3.05) is 0 Å². The molecule has 0 saturated carbocycles. The van der Waals surface area contributed by atoms with Crippen LogP contribution in [-0.2, 0) is 11.2 Å². The summed E-state index contributed by atoms with van der Waals surface area (Å²) in [7, 11) is 0. The van der Waals surface area contributed by atoms with Crippen molar-refractivity contribution >= 4 is 5.97 Å². The van der Waals surface area contributed by atoms with Gasteiger partial charge in [0.05, 0.1) is 6.42 Å². The van der Waals surface area contributed by atoms with Gasteiger partial charge in [0.25, 0.3) is 0 Å². The van der Waals surface area contributed by atoms with Gasteiger partial charge in [-0.2, -0.15) is 4.98 Å². The molecule has 0 fully saturated rings. The molecular weight excluding hydrogens is 322 g/mol. The Morgan fingerprint density at radius 3 is 2.84 bits per heavy atom. The molecule has 7 heteroatoms. The van der Waals surface area contributed by atoms with Crippen LogP contribution in [0.1, 0.15) is 11.5 Å². The molecule has 0 bridgehead atoms. The molecule has 0 atom stereocenters. The highest BCUT2D eigenvalue weighted by Crippen LogP contribution is 2.27. The summed E-state index contributed by atoms with van der Waals surface area (Å²) in [5.74, 6) is 0.666. The van der Waals surface area contributed by atoms with Gasteiger partial charge in [-0.15, -0.1) is 0 Å². The zero-order valence-corrected chi connectivity index (χ0v) is 13.5. The third kappa shape index (κ3) is 3.89. The van der Waals surface area contributed by atoms with Crippen LogP contribution < -0.4 is 4.74 Å². The van der Waals surface area contributed by atoms with Gasteiger partial charge in [0.1, 0.15) is 5.75 Å². The topological polar surface area (TPSA) is 98.3 Å². The molecule has 0 aliphatic rings. The highest BCUT2D eigenvalue weighted by molar-refractivity contribution is 5.86. The van der Waals surface area contributed by atoms with Crippen molar-refractivity contribution < 1.29 is 19.2 Å². The van der Waals surface area contributed by atoms with E-state index in [0.717, 1.165) is 11.1 Å². The van der Waals surface area contributed by atoms with Crippen LogP contribution in [0.3, 0.4) is 0 Å². The number of nitrogens with zero attached hydrogens (tertiary/aromatic N) is 3. The van der Waals surface area contributed by atoms with Crippen LogP contribution in [-0.4, -0.2) is 26.2 Å². The highest BCUT2D eigenvalue weighted by atomic mass is 16.5. The Morgan fingerprint density at radius 1 is 1.32 bits per heavy atom. The molecule has 126 valence electrons. The summed E-state index contributed by atoms with van der Waals surface area (Å²) in [6.45, 7) is 5.35. The van der Waals surface area contributed by atoms with Crippen molar-refractivity contribution in [1.82, 2.24) is 15.1 Å². The first-order chi connectivity index (χ1) is 12.0. The first-order valence-corrected chi connectivity index (χ1v) is 7.46. The largest absolute Gasteiger partial charge is 0.478 e. The van der Waals surface area contributed by atoms with E-state index in [1.165, 1.54) is 0 Å². The number of aromatic nitrogens is 3. The van der Waals surface area contributed by atoms with E-state index in [1.807, 2.05) is 25.1 Å². The van der Waals surface area contributed by atoms with E-state index in [9.17, 15) is 4.79 Å². The second-order valence-corrected chi connectivity index (χ2v) is 5.35. The number of carboxylic acids is 1. The van der Waals surface area contributed by atoms with Gasteiger partial charge < -0.3 is 14.4 Å². The zero-order valence-electron chi connectivity index (χ0n) is 13.5. The normalized spacial score (nSPS) is 10.4. The Kier molecular flexibility index (Phi) is 4.56. The van der Waals surface area contributed by atoms with Gasteiger partial charge in [0.15, 0.2) is 0 Å². The van der Waals surface area contributed by atoms with Crippen LogP contribution in [0.5, 0.6) is 11.6 Å². The molecule has 0 unspecified atom stereocenters. The van der Waals surface area contributed by atoms with Crippen LogP contribution in [0.15, 0.2) is 59.3 Å². The maximum atomic E-state index is 10.8. The van der Waals surface area contributed by atoms with E-state index in [1.54, 1.807) is 24.4 Å². The molecule has 0 saturated heterocycles. The molecule has 1 N–H and O–H groups in total. The fourth-order valence-electron chi connectivity index (χ4n) is 2.13. The summed E-state index contributed by atoms with van der Waals surface area (Å²) in [5, 5.41) is 12.7. The second kappa shape index (κ2) is 6.96. The summed E-state index contributed by atoms with van der Waals surface area (Å²) in [6, 6.07) is 10.9. The van der Waals surface area contributed by atoms with Gasteiger partial charge in [0, 0.05) is 23.4 Å². The van der Waals surface area contributed by atoms with Crippen LogP contribution in [0.4, 0.5) is 0 Å². The van der Waals surface area contributed by atoms with Crippen molar-refractivity contribution in [2.45, 2.75) is 13.3 Å². The number of carbonyl (C=O) groups is 1. The molecule has 25 heavy (non-hydrogen) atoms. The standard InChI is InChI=1S/C18H15N3O4/c1-11-9-13(6-7-14(11)24-15-5-3-4-8-19-15)17-20-16(25-21-17)10-12(2)18(22)23/h3-9H,2,10H2,1H3,(H,22,23). The number of carboxylic acid groups (broad SMARTS) is 1. The predicted octanol–water partition coefficient (Wildman–Crippen LogP) is 3.42. The smallest absolute Gasteiger partial charge is 0.331 e. The molecule has 2 heterocycles. The molecule has 7 nitrogen and oxygen atoms in total. The van der Waals surface area contributed by atoms with Crippen molar-refractivity contribution in [3.05, 3.63) is 66.2 Å². The summed E-state index contributed by atoms with van der Waals surface area (Å²) < 4.78 is 10.8. The summed E-state index contributed by atoms with van der Waals surface area (Å²) in [6.07, 6.45) is 1.66. The summed E-state index contributed by atoms with van der Waals surface area (Å²) >= 11 is 0. The van der Waals surface area contributed by atoms with Gasteiger partial charge in [-0.05, 0) is 36.8 Å². The zero-order chi connectivity index (χ0) is 17.8. The number of aryl methyl sites for hydroxylation is 1. The van der Waals surface area contributed by atoms with Gasteiger partial charge in [0.2, 0.25) is 17.6 Å². The average Bonchev–Trinajstić information content (AvgIpc) is 3.06. The summed E-state index contributed by atoms with van der Waals surface area (Å²) in [5.41, 5.74) is 1.61. The monoisotopic (exact) mass is 337 g/mol. The summed E-state index contributed by atoms with van der Waals surface area (Å²) in [4.78, 5) is 19.1. The average molecular weight is 337 g/mol. The van der Waals surface area contributed by atoms with Crippen LogP contribution in [0.2, 0.25) is 0 Å². The van der Waals surface area contributed by atoms with Gasteiger partial charge in [-0.25, -0.2) is 9.78 Å². The van der Waals surface area contributed by atoms with Gasteiger partial charge in [-0.3, -0.25) is 0 Å². The van der Waals surface area contributed by atoms with Crippen LogP contribution in [0.25, 0.3) is 11.4 Å². The lowest BCUT2D eigenvalue weighted by Gasteiger charge is -2.08. The van der Waals surface area contributed by atoms with Crippen LogP contribution in [0, 0.1) is 6.92 Å².